The van der Waals surface area contributed by atoms with Crippen LogP contribution in [0.15, 0.2) is 61.3 Å². The second-order valence-electron chi connectivity index (χ2n) is 4.96. The molecule has 0 saturated carbocycles. The highest BCUT2D eigenvalue weighted by atomic mass is 16.2. The van der Waals surface area contributed by atoms with Crippen LogP contribution >= 0.6 is 0 Å². The zero-order chi connectivity index (χ0) is 16.9. The molecule has 0 aliphatic rings. The maximum absolute atomic E-state index is 12.5. The van der Waals surface area contributed by atoms with Gasteiger partial charge in [-0.3, -0.25) is 9.59 Å². The Hall–Kier alpha value is -3.55. The van der Waals surface area contributed by atoms with Gasteiger partial charge in [0.1, 0.15) is 18.7 Å². The van der Waals surface area contributed by atoms with Crippen molar-refractivity contribution in [3.63, 3.8) is 0 Å². The van der Waals surface area contributed by atoms with Crippen LogP contribution in [0.25, 0.3) is 5.82 Å². The van der Waals surface area contributed by atoms with Crippen molar-refractivity contribution in [2.75, 3.05) is 0 Å². The summed E-state index contributed by atoms with van der Waals surface area (Å²) < 4.78 is 1.43. The van der Waals surface area contributed by atoms with Crippen LogP contribution in [0.2, 0.25) is 0 Å². The van der Waals surface area contributed by atoms with Gasteiger partial charge in [0.2, 0.25) is 5.91 Å². The highest BCUT2D eigenvalue weighted by Crippen LogP contribution is 2.14. The van der Waals surface area contributed by atoms with E-state index in [0.717, 1.165) is 0 Å². The zero-order valence-corrected chi connectivity index (χ0v) is 12.5. The van der Waals surface area contributed by atoms with Crippen LogP contribution in [0, 0.1) is 0 Å². The average molecular weight is 322 g/mol. The van der Waals surface area contributed by atoms with Crippen molar-refractivity contribution in [2.24, 2.45) is 5.73 Å². The van der Waals surface area contributed by atoms with E-state index in [0.29, 0.717) is 16.9 Å². The molecule has 0 aliphatic carbocycles. The van der Waals surface area contributed by atoms with Gasteiger partial charge in [-0.1, -0.05) is 30.3 Å². The maximum Gasteiger partial charge on any atom is 0.252 e. The Morgan fingerprint density at radius 1 is 1.17 bits per heavy atom. The molecular weight excluding hydrogens is 308 g/mol. The first-order valence-electron chi connectivity index (χ1n) is 7.11. The van der Waals surface area contributed by atoms with E-state index in [1.165, 1.54) is 23.5 Å². The topological polar surface area (TPSA) is 116 Å². The van der Waals surface area contributed by atoms with Crippen LogP contribution in [-0.4, -0.2) is 31.6 Å². The van der Waals surface area contributed by atoms with Crippen molar-refractivity contribution in [2.45, 2.75) is 6.04 Å². The third kappa shape index (κ3) is 3.27. The molecule has 120 valence electrons. The van der Waals surface area contributed by atoms with Crippen LogP contribution in [-0.2, 0) is 4.79 Å². The van der Waals surface area contributed by atoms with Gasteiger partial charge in [0.25, 0.3) is 5.91 Å². The number of hydrogen-bond acceptors (Lipinski definition) is 5. The smallest absolute Gasteiger partial charge is 0.252 e. The molecule has 3 N–H and O–H groups in total. The van der Waals surface area contributed by atoms with E-state index in [1.807, 2.05) is 6.07 Å². The van der Waals surface area contributed by atoms with Gasteiger partial charge >= 0.3 is 0 Å². The number of primary amides is 1. The number of nitrogens with one attached hydrogen (secondary N) is 1. The number of carbonyl (C=O) groups is 2. The molecule has 0 bridgehead atoms. The van der Waals surface area contributed by atoms with Crippen LogP contribution in [0.5, 0.6) is 0 Å². The predicted molar refractivity (Wildman–Crippen MR) is 85.0 cm³/mol. The lowest BCUT2D eigenvalue weighted by Crippen LogP contribution is -2.37. The monoisotopic (exact) mass is 322 g/mol. The summed E-state index contributed by atoms with van der Waals surface area (Å²) >= 11 is 0. The second kappa shape index (κ2) is 6.69. The van der Waals surface area contributed by atoms with E-state index in [9.17, 15) is 9.59 Å². The van der Waals surface area contributed by atoms with Gasteiger partial charge < -0.3 is 11.1 Å². The van der Waals surface area contributed by atoms with E-state index < -0.39 is 17.9 Å². The Morgan fingerprint density at radius 2 is 1.96 bits per heavy atom. The van der Waals surface area contributed by atoms with Crippen molar-refractivity contribution < 1.29 is 9.59 Å². The Bertz CT molecular complexity index is 848. The minimum Gasteiger partial charge on any atom is -0.368 e. The molecule has 0 saturated heterocycles. The predicted octanol–water partition coefficient (Wildman–Crippen LogP) is 0.619. The number of amides is 2. The summed E-state index contributed by atoms with van der Waals surface area (Å²) in [6.07, 6.45) is 4.32. The fourth-order valence-corrected chi connectivity index (χ4v) is 2.19. The van der Waals surface area contributed by atoms with E-state index in [4.69, 9.17) is 5.73 Å². The quantitative estimate of drug-likeness (QED) is 0.714. The SMILES string of the molecule is NC(=O)[C@H](NC(=O)c1ccnc(-n2cncn2)c1)c1ccccc1. The summed E-state index contributed by atoms with van der Waals surface area (Å²) in [7, 11) is 0. The van der Waals surface area contributed by atoms with Gasteiger partial charge in [-0.25, -0.2) is 14.6 Å². The molecule has 0 unspecified atom stereocenters. The average Bonchev–Trinajstić information content (AvgIpc) is 3.15. The van der Waals surface area contributed by atoms with Crippen LogP contribution in [0.4, 0.5) is 0 Å². The Kier molecular flexibility index (Phi) is 4.28. The van der Waals surface area contributed by atoms with Gasteiger partial charge in [-0.2, -0.15) is 5.10 Å². The number of benzene rings is 1. The van der Waals surface area contributed by atoms with E-state index in [-0.39, 0.29) is 0 Å². The highest BCUT2D eigenvalue weighted by molar-refractivity contribution is 5.97. The van der Waals surface area contributed by atoms with Crippen LogP contribution in [0.3, 0.4) is 0 Å². The molecule has 1 aromatic carbocycles. The lowest BCUT2D eigenvalue weighted by Gasteiger charge is -2.16. The van der Waals surface area contributed by atoms with E-state index in [2.05, 4.69) is 20.4 Å². The fraction of sp³-hybridized carbons (Fsp3) is 0.0625. The van der Waals surface area contributed by atoms with Crippen molar-refractivity contribution >= 4 is 11.8 Å². The first-order chi connectivity index (χ1) is 11.6. The standard InChI is InChI=1S/C16H14N6O2/c17-15(23)14(11-4-2-1-3-5-11)21-16(24)12-6-7-19-13(8-12)22-10-18-9-20-22/h1-10,14H,(H2,17,23)(H,21,24)/t14-/m1/s1. The second-order valence-corrected chi connectivity index (χ2v) is 4.96. The number of carbonyl (C=O) groups excluding carboxylic acids is 2. The third-order valence-corrected chi connectivity index (χ3v) is 3.35. The van der Waals surface area contributed by atoms with Crippen molar-refractivity contribution in [3.8, 4) is 5.82 Å². The van der Waals surface area contributed by atoms with Crippen molar-refractivity contribution in [1.82, 2.24) is 25.1 Å². The minimum atomic E-state index is -0.915. The van der Waals surface area contributed by atoms with Crippen LogP contribution in [0.1, 0.15) is 22.0 Å². The van der Waals surface area contributed by atoms with Crippen LogP contribution < -0.4 is 11.1 Å². The number of nitrogens with two attached hydrogens (primary N) is 1. The number of pyridine rings is 1. The molecule has 0 fully saturated rings. The normalized spacial score (nSPS) is 11.7. The number of nitrogens with zero attached hydrogens (tertiary/aromatic N) is 4. The van der Waals surface area contributed by atoms with Gasteiger partial charge in [0.15, 0.2) is 5.82 Å². The van der Waals surface area contributed by atoms with Crippen molar-refractivity contribution in [3.05, 3.63) is 72.4 Å². The molecule has 8 heteroatoms. The van der Waals surface area contributed by atoms with Gasteiger partial charge in [-0.15, -0.1) is 0 Å². The largest absolute Gasteiger partial charge is 0.368 e. The molecule has 8 nitrogen and oxygen atoms in total. The molecule has 0 spiro atoms. The number of hydrogen-bond donors (Lipinski definition) is 2. The summed E-state index contributed by atoms with van der Waals surface area (Å²) in [5, 5.41) is 6.60. The van der Waals surface area contributed by atoms with Gasteiger partial charge in [0, 0.05) is 11.8 Å². The fourth-order valence-electron chi connectivity index (χ4n) is 2.19. The Labute approximate surface area is 137 Å². The summed E-state index contributed by atoms with van der Waals surface area (Å²) in [5.74, 6) is -0.637. The summed E-state index contributed by atoms with van der Waals surface area (Å²) in [6, 6.07) is 11.0. The van der Waals surface area contributed by atoms with E-state index >= 15 is 0 Å². The summed E-state index contributed by atoms with van der Waals surface area (Å²) in [6.45, 7) is 0. The molecule has 2 aromatic heterocycles. The molecule has 2 amide bonds. The molecule has 2 heterocycles. The molecule has 3 rings (SSSR count). The molecule has 1 atom stereocenters. The maximum atomic E-state index is 12.5. The molecule has 3 aromatic rings. The molecular formula is C16H14N6O2. The molecule has 0 aliphatic heterocycles. The molecule has 24 heavy (non-hydrogen) atoms. The Balaban J connectivity index is 1.84. The van der Waals surface area contributed by atoms with Crippen molar-refractivity contribution in [1.29, 1.82) is 0 Å². The first kappa shape index (κ1) is 15.3. The minimum absolute atomic E-state index is 0.331. The lowest BCUT2D eigenvalue weighted by atomic mass is 10.1. The lowest BCUT2D eigenvalue weighted by molar-refractivity contribution is -0.120. The van der Waals surface area contributed by atoms with Gasteiger partial charge in [-0.05, 0) is 17.7 Å². The highest BCUT2D eigenvalue weighted by Gasteiger charge is 2.21. The van der Waals surface area contributed by atoms with Gasteiger partial charge in [0.05, 0.1) is 0 Å². The zero-order valence-electron chi connectivity index (χ0n) is 12.5. The Morgan fingerprint density at radius 3 is 2.62 bits per heavy atom. The number of rotatable bonds is 5. The van der Waals surface area contributed by atoms with E-state index in [1.54, 1.807) is 36.4 Å². The summed E-state index contributed by atoms with van der Waals surface area (Å²) in [4.78, 5) is 32.1. The summed E-state index contributed by atoms with van der Waals surface area (Å²) in [5.41, 5.74) is 6.36. The number of aromatic nitrogens is 4. The first-order valence-corrected chi connectivity index (χ1v) is 7.11. The molecule has 0 radical (unpaired) electrons. The third-order valence-electron chi connectivity index (χ3n) is 3.35.